The van der Waals surface area contributed by atoms with Gasteiger partial charge < -0.3 is 10.2 Å². The van der Waals surface area contributed by atoms with E-state index in [1.54, 1.807) is 24.9 Å². The van der Waals surface area contributed by atoms with Crippen LogP contribution in [0.2, 0.25) is 0 Å². The number of rotatable bonds is 2. The average molecular weight is 280 g/mol. The molecule has 1 aromatic rings. The van der Waals surface area contributed by atoms with Crippen LogP contribution in [0.25, 0.3) is 6.08 Å². The molecule has 0 atom stereocenters. The first-order valence-electron chi connectivity index (χ1n) is 5.86. The molecule has 2 rings (SSSR count). The van der Waals surface area contributed by atoms with Crippen LogP contribution in [0.15, 0.2) is 15.6 Å². The minimum atomic E-state index is -0.225. The van der Waals surface area contributed by atoms with Crippen LogP contribution in [0.5, 0.6) is 0 Å². The van der Waals surface area contributed by atoms with E-state index in [1.807, 2.05) is 7.05 Å². The fourth-order valence-corrected chi connectivity index (χ4v) is 2.76. The zero-order valence-corrected chi connectivity index (χ0v) is 11.9. The van der Waals surface area contributed by atoms with E-state index >= 15 is 0 Å². The third-order valence-corrected chi connectivity index (χ3v) is 3.83. The molecule has 2 N–H and O–H groups in total. The number of nitrogens with one attached hydrogen (secondary N) is 2. The van der Waals surface area contributed by atoms with E-state index in [1.165, 1.54) is 11.6 Å². The zero-order chi connectivity index (χ0) is 14.0. The summed E-state index contributed by atoms with van der Waals surface area (Å²) in [5.74, 6) is 1.20. The van der Waals surface area contributed by atoms with Crippen molar-refractivity contribution in [3.63, 3.8) is 0 Å². The lowest BCUT2D eigenvalue weighted by Crippen LogP contribution is -2.13. The quantitative estimate of drug-likeness (QED) is 0.786. The Morgan fingerprint density at radius 3 is 2.84 bits per heavy atom. The standard InChI is InChI=1S/C12H16N4O2S/c1-8(17)13-11-9(12(18)16(3)14-11)4-5-10-15(2)6-7-19-10/h4,14H,6-7H2,1-3H3,(H,13,17). The second kappa shape index (κ2) is 5.42. The fourth-order valence-electron chi connectivity index (χ4n) is 1.75. The number of hydrogen-bond donors (Lipinski definition) is 2. The number of aromatic nitrogens is 2. The first kappa shape index (κ1) is 13.6. The van der Waals surface area contributed by atoms with Crippen molar-refractivity contribution >= 4 is 29.6 Å². The Morgan fingerprint density at radius 1 is 1.53 bits per heavy atom. The van der Waals surface area contributed by atoms with Gasteiger partial charge in [-0.15, -0.1) is 0 Å². The summed E-state index contributed by atoms with van der Waals surface area (Å²) in [5.41, 5.74) is 3.33. The van der Waals surface area contributed by atoms with E-state index in [9.17, 15) is 9.59 Å². The van der Waals surface area contributed by atoms with E-state index in [2.05, 4.69) is 21.0 Å². The van der Waals surface area contributed by atoms with Crippen LogP contribution in [0.3, 0.4) is 0 Å². The minimum absolute atomic E-state index is 0.192. The van der Waals surface area contributed by atoms with Crippen molar-refractivity contribution in [3.05, 3.63) is 26.7 Å². The number of carbonyl (C=O) groups is 1. The summed E-state index contributed by atoms with van der Waals surface area (Å²) in [7, 11) is 3.59. The molecule has 2 heterocycles. The monoisotopic (exact) mass is 280 g/mol. The van der Waals surface area contributed by atoms with Gasteiger partial charge in [-0.25, -0.2) is 0 Å². The van der Waals surface area contributed by atoms with Crippen LogP contribution in [0, 0.1) is 0 Å². The van der Waals surface area contributed by atoms with Crippen molar-refractivity contribution in [1.29, 1.82) is 0 Å². The van der Waals surface area contributed by atoms with Gasteiger partial charge in [0.15, 0.2) is 0 Å². The van der Waals surface area contributed by atoms with Gasteiger partial charge in [0.05, 0.1) is 5.56 Å². The number of anilines is 1. The first-order chi connectivity index (χ1) is 8.99. The Labute approximate surface area is 115 Å². The number of nitrogens with zero attached hydrogens (tertiary/aromatic N) is 2. The van der Waals surface area contributed by atoms with Crippen LogP contribution in [0.4, 0.5) is 5.82 Å². The fraction of sp³-hybridized carbons (Fsp3) is 0.417. The summed E-state index contributed by atoms with van der Waals surface area (Å²) >= 11 is 1.70. The van der Waals surface area contributed by atoms with Gasteiger partial charge in [-0.3, -0.25) is 19.4 Å². The molecule has 1 fully saturated rings. The van der Waals surface area contributed by atoms with Gasteiger partial charge in [-0.1, -0.05) is 17.5 Å². The molecule has 102 valence electrons. The molecule has 0 bridgehead atoms. The zero-order valence-electron chi connectivity index (χ0n) is 11.1. The van der Waals surface area contributed by atoms with Gasteiger partial charge in [0, 0.05) is 33.3 Å². The van der Waals surface area contributed by atoms with Crippen LogP contribution in [0.1, 0.15) is 12.5 Å². The van der Waals surface area contributed by atoms with Crippen LogP contribution < -0.4 is 10.9 Å². The number of thioether (sulfide) groups is 1. The van der Waals surface area contributed by atoms with Crippen molar-refractivity contribution in [2.45, 2.75) is 6.92 Å². The topological polar surface area (TPSA) is 70.1 Å². The molecule has 19 heavy (non-hydrogen) atoms. The molecule has 1 aliphatic heterocycles. The highest BCUT2D eigenvalue weighted by Gasteiger charge is 2.14. The Bertz CT molecular complexity index is 622. The van der Waals surface area contributed by atoms with Crippen molar-refractivity contribution in [2.75, 3.05) is 24.7 Å². The van der Waals surface area contributed by atoms with Crippen molar-refractivity contribution in [3.8, 4) is 0 Å². The third kappa shape index (κ3) is 2.94. The van der Waals surface area contributed by atoms with E-state index in [0.717, 1.165) is 17.3 Å². The molecule has 0 unspecified atom stereocenters. The Balaban J connectivity index is 2.41. The predicted molar refractivity (Wildman–Crippen MR) is 76.9 cm³/mol. The van der Waals surface area contributed by atoms with Gasteiger partial charge in [0.2, 0.25) is 5.91 Å². The Hall–Kier alpha value is -1.85. The predicted octanol–water partition coefficient (Wildman–Crippen LogP) is 0.804. The summed E-state index contributed by atoms with van der Waals surface area (Å²) in [6.07, 6.45) is 1.62. The summed E-state index contributed by atoms with van der Waals surface area (Å²) in [4.78, 5) is 25.1. The SMILES string of the molecule is CC(=O)Nc1[nH]n(C)c(=O)c1C=C=C1SCCN1C. The lowest BCUT2D eigenvalue weighted by molar-refractivity contribution is -0.114. The summed E-state index contributed by atoms with van der Waals surface area (Å²) in [6.45, 7) is 2.38. The van der Waals surface area contributed by atoms with Crippen LogP contribution >= 0.6 is 11.8 Å². The number of amides is 1. The van der Waals surface area contributed by atoms with Gasteiger partial charge in [0.25, 0.3) is 5.56 Å². The van der Waals surface area contributed by atoms with Crippen molar-refractivity contribution in [2.24, 2.45) is 7.05 Å². The summed E-state index contributed by atoms with van der Waals surface area (Å²) < 4.78 is 1.33. The van der Waals surface area contributed by atoms with Gasteiger partial charge >= 0.3 is 0 Å². The summed E-state index contributed by atoms with van der Waals surface area (Å²) in [6, 6.07) is 0. The number of aromatic amines is 1. The lowest BCUT2D eigenvalue weighted by atomic mass is 10.3. The van der Waals surface area contributed by atoms with Crippen molar-refractivity contribution in [1.82, 2.24) is 14.7 Å². The number of aryl methyl sites for hydroxylation is 1. The van der Waals surface area contributed by atoms with E-state index in [4.69, 9.17) is 0 Å². The maximum Gasteiger partial charge on any atom is 0.276 e. The smallest absolute Gasteiger partial charge is 0.276 e. The lowest BCUT2D eigenvalue weighted by Gasteiger charge is -2.07. The maximum absolute atomic E-state index is 11.9. The maximum atomic E-state index is 11.9. The molecule has 0 aromatic carbocycles. The second-order valence-corrected chi connectivity index (χ2v) is 5.39. The molecule has 7 heteroatoms. The molecule has 1 aliphatic rings. The second-order valence-electron chi connectivity index (χ2n) is 4.31. The number of H-pyrrole nitrogens is 1. The first-order valence-corrected chi connectivity index (χ1v) is 6.85. The van der Waals surface area contributed by atoms with Crippen molar-refractivity contribution < 1.29 is 4.79 Å². The van der Waals surface area contributed by atoms with E-state index < -0.39 is 0 Å². The van der Waals surface area contributed by atoms with Gasteiger partial charge in [-0.05, 0) is 6.08 Å². The Kier molecular flexibility index (Phi) is 3.87. The molecule has 0 radical (unpaired) electrons. The van der Waals surface area contributed by atoms with Crippen LogP contribution in [-0.4, -0.2) is 39.9 Å². The highest BCUT2D eigenvalue weighted by Crippen LogP contribution is 2.25. The van der Waals surface area contributed by atoms with Gasteiger partial charge in [-0.2, -0.15) is 0 Å². The van der Waals surface area contributed by atoms with Gasteiger partial charge in [0.1, 0.15) is 10.8 Å². The Morgan fingerprint density at radius 2 is 2.26 bits per heavy atom. The molecule has 0 aliphatic carbocycles. The number of hydrogen-bond acceptors (Lipinski definition) is 4. The summed E-state index contributed by atoms with van der Waals surface area (Å²) in [5, 5.41) is 6.40. The molecular formula is C12H16N4O2S. The molecule has 1 aromatic heterocycles. The molecule has 6 nitrogen and oxygen atoms in total. The van der Waals surface area contributed by atoms with E-state index in [0.29, 0.717) is 11.4 Å². The molecule has 0 saturated carbocycles. The minimum Gasteiger partial charge on any atom is -0.362 e. The van der Waals surface area contributed by atoms with Crippen LogP contribution in [-0.2, 0) is 11.8 Å². The molecule has 1 saturated heterocycles. The highest BCUT2D eigenvalue weighted by atomic mass is 32.2. The average Bonchev–Trinajstić information content (AvgIpc) is 2.83. The number of carbonyl (C=O) groups excluding carboxylic acids is 1. The highest BCUT2D eigenvalue weighted by molar-refractivity contribution is 8.03. The molecule has 1 amide bonds. The normalized spacial score (nSPS) is 14.5. The largest absolute Gasteiger partial charge is 0.362 e. The van der Waals surface area contributed by atoms with E-state index in [-0.39, 0.29) is 11.5 Å². The third-order valence-electron chi connectivity index (χ3n) is 2.74. The molecule has 0 spiro atoms. The molecular weight excluding hydrogens is 264 g/mol.